The maximum Gasteiger partial charge on any atom is 0.304 e. The smallest absolute Gasteiger partial charge is 0.304 e. The van der Waals surface area contributed by atoms with E-state index in [9.17, 15) is 14.5 Å². The highest BCUT2D eigenvalue weighted by atomic mass is 16.4. The van der Waals surface area contributed by atoms with Gasteiger partial charge in [-0.25, -0.2) is 0 Å². The van der Waals surface area contributed by atoms with Gasteiger partial charge in [-0.2, -0.15) is 0 Å². The van der Waals surface area contributed by atoms with Gasteiger partial charge in [0, 0.05) is 5.92 Å². The Labute approximate surface area is 117 Å². The molecule has 1 rings (SSSR count). The van der Waals surface area contributed by atoms with Crippen LogP contribution in [0.5, 0.6) is 0 Å². The molecular weight excluding hydrogens is 260 g/mol. The molecule has 108 valence electrons. The van der Waals surface area contributed by atoms with E-state index < -0.39 is 17.4 Å². The first-order valence-electron chi connectivity index (χ1n) is 6.24. The standard InChI is InChI=1S/C14H18N2O4/c1-9(8-12(17)18)13(19)15-14(2,3)10-4-6-11(16-20)7-5-10/h4-7,9H,8H2,1-3H3,(H,15,19)(H,17,18). The summed E-state index contributed by atoms with van der Waals surface area (Å²) in [6.45, 7) is 5.18. The number of hydrogen-bond acceptors (Lipinski definition) is 4. The zero-order valence-corrected chi connectivity index (χ0v) is 11.7. The number of carbonyl (C=O) groups is 2. The summed E-state index contributed by atoms with van der Waals surface area (Å²) >= 11 is 0. The van der Waals surface area contributed by atoms with Crippen molar-refractivity contribution in [3.63, 3.8) is 0 Å². The Bertz CT molecular complexity index is 508. The Balaban J connectivity index is 2.79. The van der Waals surface area contributed by atoms with Gasteiger partial charge >= 0.3 is 5.97 Å². The van der Waals surface area contributed by atoms with Gasteiger partial charge in [0.2, 0.25) is 5.91 Å². The fourth-order valence-electron chi connectivity index (χ4n) is 1.80. The predicted octanol–water partition coefficient (Wildman–Crippen LogP) is 2.55. The van der Waals surface area contributed by atoms with Crippen molar-refractivity contribution >= 4 is 17.6 Å². The number of hydrogen-bond donors (Lipinski definition) is 2. The fraction of sp³-hybridized carbons (Fsp3) is 0.429. The summed E-state index contributed by atoms with van der Waals surface area (Å²) in [5.41, 5.74) is 0.460. The minimum absolute atomic E-state index is 0.212. The van der Waals surface area contributed by atoms with E-state index in [1.165, 1.54) is 0 Å². The number of nitrogens with zero attached hydrogens (tertiary/aromatic N) is 1. The van der Waals surface area contributed by atoms with Gasteiger partial charge in [0.15, 0.2) is 0 Å². The Morgan fingerprint density at radius 3 is 2.30 bits per heavy atom. The number of carbonyl (C=O) groups excluding carboxylic acids is 1. The summed E-state index contributed by atoms with van der Waals surface area (Å²) in [7, 11) is 0. The molecule has 0 saturated carbocycles. The molecular formula is C14H18N2O4. The molecule has 1 aromatic rings. The highest BCUT2D eigenvalue weighted by Crippen LogP contribution is 2.23. The number of amides is 1. The van der Waals surface area contributed by atoms with E-state index in [-0.39, 0.29) is 12.3 Å². The number of carboxylic acid groups (broad SMARTS) is 1. The molecule has 0 bridgehead atoms. The van der Waals surface area contributed by atoms with Gasteiger partial charge < -0.3 is 10.4 Å². The van der Waals surface area contributed by atoms with Gasteiger partial charge in [-0.15, -0.1) is 4.91 Å². The van der Waals surface area contributed by atoms with Crippen LogP contribution >= 0.6 is 0 Å². The van der Waals surface area contributed by atoms with Crippen LogP contribution in [0.1, 0.15) is 32.8 Å². The summed E-state index contributed by atoms with van der Waals surface area (Å²) in [6, 6.07) is 6.55. The summed E-state index contributed by atoms with van der Waals surface area (Å²) in [5, 5.41) is 14.3. The summed E-state index contributed by atoms with van der Waals surface area (Å²) in [6.07, 6.45) is -0.212. The van der Waals surface area contributed by atoms with Crippen molar-refractivity contribution in [1.29, 1.82) is 0 Å². The monoisotopic (exact) mass is 278 g/mol. The number of nitroso groups, excluding NO2 is 1. The lowest BCUT2D eigenvalue weighted by Gasteiger charge is -2.28. The minimum Gasteiger partial charge on any atom is -0.481 e. The van der Waals surface area contributed by atoms with Crippen molar-refractivity contribution in [2.24, 2.45) is 11.1 Å². The van der Waals surface area contributed by atoms with Gasteiger partial charge in [-0.3, -0.25) is 9.59 Å². The van der Waals surface area contributed by atoms with Crippen LogP contribution in [0.2, 0.25) is 0 Å². The first kappa shape index (κ1) is 15.8. The molecule has 1 amide bonds. The summed E-state index contributed by atoms with van der Waals surface area (Å²) < 4.78 is 0. The first-order valence-corrected chi connectivity index (χ1v) is 6.24. The van der Waals surface area contributed by atoms with Gasteiger partial charge in [-0.05, 0) is 36.7 Å². The van der Waals surface area contributed by atoms with Crippen molar-refractivity contribution in [2.75, 3.05) is 0 Å². The Hall–Kier alpha value is -2.24. The van der Waals surface area contributed by atoms with E-state index in [1.807, 2.05) is 13.8 Å². The number of benzene rings is 1. The molecule has 1 aromatic carbocycles. The lowest BCUT2D eigenvalue weighted by atomic mass is 9.93. The summed E-state index contributed by atoms with van der Waals surface area (Å²) in [5.74, 6) is -1.94. The Morgan fingerprint density at radius 1 is 1.30 bits per heavy atom. The second kappa shape index (κ2) is 6.27. The molecule has 0 saturated heterocycles. The zero-order valence-electron chi connectivity index (χ0n) is 11.7. The number of carboxylic acids is 1. The van der Waals surface area contributed by atoms with E-state index in [1.54, 1.807) is 31.2 Å². The van der Waals surface area contributed by atoms with Crippen LogP contribution in [0.4, 0.5) is 5.69 Å². The molecule has 0 fully saturated rings. The molecule has 2 N–H and O–H groups in total. The van der Waals surface area contributed by atoms with Crippen molar-refractivity contribution in [3.8, 4) is 0 Å². The third-order valence-electron chi connectivity index (χ3n) is 3.06. The molecule has 20 heavy (non-hydrogen) atoms. The van der Waals surface area contributed by atoms with Crippen molar-refractivity contribution in [3.05, 3.63) is 34.7 Å². The second-order valence-corrected chi connectivity index (χ2v) is 5.25. The quantitative estimate of drug-likeness (QED) is 0.781. The minimum atomic E-state index is -1.01. The van der Waals surface area contributed by atoms with E-state index in [4.69, 9.17) is 5.11 Å². The zero-order chi connectivity index (χ0) is 15.3. The van der Waals surface area contributed by atoms with E-state index in [2.05, 4.69) is 10.5 Å². The van der Waals surface area contributed by atoms with Crippen LogP contribution in [-0.2, 0) is 15.1 Å². The SMILES string of the molecule is CC(CC(=O)O)C(=O)NC(C)(C)c1ccc(N=O)cc1. The average Bonchev–Trinajstić information content (AvgIpc) is 2.37. The van der Waals surface area contributed by atoms with Gasteiger partial charge in [0.1, 0.15) is 5.69 Å². The highest BCUT2D eigenvalue weighted by molar-refractivity contribution is 5.83. The maximum atomic E-state index is 11.9. The molecule has 0 radical (unpaired) electrons. The molecule has 0 aliphatic heterocycles. The predicted molar refractivity (Wildman–Crippen MR) is 74.5 cm³/mol. The van der Waals surface area contributed by atoms with Crippen LogP contribution in [0.15, 0.2) is 29.4 Å². The molecule has 0 spiro atoms. The maximum absolute atomic E-state index is 11.9. The van der Waals surface area contributed by atoms with Crippen LogP contribution in [0.25, 0.3) is 0 Å². The Morgan fingerprint density at radius 2 is 1.85 bits per heavy atom. The Kier molecular flexibility index (Phi) is 4.96. The highest BCUT2D eigenvalue weighted by Gasteiger charge is 2.26. The largest absolute Gasteiger partial charge is 0.481 e. The molecule has 6 heteroatoms. The van der Waals surface area contributed by atoms with Crippen LogP contribution < -0.4 is 5.32 Å². The van der Waals surface area contributed by atoms with Crippen LogP contribution in [-0.4, -0.2) is 17.0 Å². The lowest BCUT2D eigenvalue weighted by Crippen LogP contribution is -2.43. The number of aliphatic carboxylic acids is 1. The summed E-state index contributed by atoms with van der Waals surface area (Å²) in [4.78, 5) is 32.9. The molecule has 1 atom stereocenters. The van der Waals surface area contributed by atoms with Crippen molar-refractivity contribution < 1.29 is 14.7 Å². The fourth-order valence-corrected chi connectivity index (χ4v) is 1.80. The molecule has 6 nitrogen and oxygen atoms in total. The van der Waals surface area contributed by atoms with E-state index >= 15 is 0 Å². The van der Waals surface area contributed by atoms with E-state index in [0.717, 1.165) is 5.56 Å². The lowest BCUT2D eigenvalue weighted by molar-refractivity contribution is -0.141. The molecule has 1 unspecified atom stereocenters. The third kappa shape index (κ3) is 4.15. The van der Waals surface area contributed by atoms with Gasteiger partial charge in [0.25, 0.3) is 0 Å². The number of nitrogens with one attached hydrogen (secondary N) is 1. The van der Waals surface area contributed by atoms with Crippen molar-refractivity contribution in [2.45, 2.75) is 32.7 Å². The van der Waals surface area contributed by atoms with Crippen LogP contribution in [0, 0.1) is 10.8 Å². The van der Waals surface area contributed by atoms with Crippen molar-refractivity contribution in [1.82, 2.24) is 5.32 Å². The molecule has 0 aliphatic carbocycles. The second-order valence-electron chi connectivity index (χ2n) is 5.25. The van der Waals surface area contributed by atoms with Gasteiger partial charge in [-0.1, -0.05) is 19.1 Å². The van der Waals surface area contributed by atoms with Gasteiger partial charge in [0.05, 0.1) is 12.0 Å². The third-order valence-corrected chi connectivity index (χ3v) is 3.06. The molecule has 0 aliphatic rings. The topological polar surface area (TPSA) is 95.8 Å². The van der Waals surface area contributed by atoms with E-state index in [0.29, 0.717) is 5.69 Å². The molecule has 0 aromatic heterocycles. The van der Waals surface area contributed by atoms with Crippen LogP contribution in [0.3, 0.4) is 0 Å². The first-order chi connectivity index (χ1) is 9.26. The normalized spacial score (nSPS) is 12.6. The molecule has 0 heterocycles. The number of rotatable bonds is 6. The average molecular weight is 278 g/mol.